The van der Waals surface area contributed by atoms with Crippen molar-refractivity contribution in [2.24, 2.45) is 0 Å². The van der Waals surface area contributed by atoms with Crippen molar-refractivity contribution in [3.05, 3.63) is 91.0 Å². The van der Waals surface area contributed by atoms with Crippen LogP contribution in [0.4, 0.5) is 0 Å². The Morgan fingerprint density at radius 3 is 1.27 bits per heavy atom. The summed E-state index contributed by atoms with van der Waals surface area (Å²) in [5.41, 5.74) is 0. The minimum absolute atomic E-state index is 1.12. The minimum atomic E-state index is -2.00. The first-order chi connectivity index (χ1) is 12.9. The van der Waals surface area contributed by atoms with Gasteiger partial charge in [0.15, 0.2) is 0 Å². The number of benzene rings is 3. The van der Waals surface area contributed by atoms with Gasteiger partial charge >= 0.3 is 167 Å². The Kier molecular flexibility index (Phi) is 7.47. The van der Waals surface area contributed by atoms with E-state index in [0.29, 0.717) is 0 Å². The quantitative estimate of drug-likeness (QED) is 0.235. The number of halogens is 1. The SMILES string of the molecule is BrCCCCCC[PH](c1ccccc1)(c1ccccc1)c1ccccc1. The first kappa shape index (κ1) is 19.3. The molecule has 3 rings (SSSR count). The van der Waals surface area contributed by atoms with Crippen LogP contribution in [0.1, 0.15) is 25.7 Å². The normalized spacial score (nSPS) is 12.0. The Bertz CT molecular complexity index is 659. The van der Waals surface area contributed by atoms with Gasteiger partial charge in [-0.2, -0.15) is 0 Å². The average molecular weight is 427 g/mol. The van der Waals surface area contributed by atoms with E-state index in [-0.39, 0.29) is 0 Å². The van der Waals surface area contributed by atoms with Crippen molar-refractivity contribution in [2.45, 2.75) is 25.7 Å². The molecular formula is C24H28BrP. The van der Waals surface area contributed by atoms with Gasteiger partial charge < -0.3 is 0 Å². The van der Waals surface area contributed by atoms with Gasteiger partial charge in [-0.15, -0.1) is 0 Å². The molecule has 0 bridgehead atoms. The van der Waals surface area contributed by atoms with Gasteiger partial charge in [-0.25, -0.2) is 0 Å². The van der Waals surface area contributed by atoms with E-state index < -0.39 is 7.26 Å². The van der Waals surface area contributed by atoms with Crippen molar-refractivity contribution in [3.8, 4) is 0 Å². The molecule has 136 valence electrons. The second-order valence-corrected chi connectivity index (χ2v) is 11.7. The number of rotatable bonds is 9. The van der Waals surface area contributed by atoms with Crippen molar-refractivity contribution in [1.29, 1.82) is 0 Å². The maximum absolute atomic E-state index is 3.56. The summed E-state index contributed by atoms with van der Waals surface area (Å²) in [7, 11) is -2.00. The summed E-state index contributed by atoms with van der Waals surface area (Å²) in [4.78, 5) is 0. The van der Waals surface area contributed by atoms with E-state index in [1.165, 1.54) is 47.8 Å². The van der Waals surface area contributed by atoms with Crippen LogP contribution in [0.3, 0.4) is 0 Å². The standard InChI is InChI=1S/C24H28BrP/c25-20-12-1-2-13-21-26(22-14-6-3-7-15-22,23-16-8-4-9-17-23)24-18-10-5-11-19-24/h3-11,14-19,26H,1-2,12-13,20-21H2. The summed E-state index contributed by atoms with van der Waals surface area (Å²) < 4.78 is 0. The van der Waals surface area contributed by atoms with Crippen LogP contribution >= 0.6 is 23.2 Å². The predicted octanol–water partition coefficient (Wildman–Crippen LogP) is 5.67. The molecule has 0 aromatic heterocycles. The van der Waals surface area contributed by atoms with Crippen LogP contribution in [0.2, 0.25) is 0 Å². The van der Waals surface area contributed by atoms with Crippen molar-refractivity contribution < 1.29 is 0 Å². The summed E-state index contributed by atoms with van der Waals surface area (Å²) in [5, 5.41) is 5.69. The third-order valence-electron chi connectivity index (χ3n) is 5.24. The molecule has 0 atom stereocenters. The molecule has 0 aliphatic heterocycles. The summed E-state index contributed by atoms with van der Waals surface area (Å²) in [6.07, 6.45) is 6.46. The zero-order valence-electron chi connectivity index (χ0n) is 15.3. The molecule has 0 heterocycles. The molecule has 0 unspecified atom stereocenters. The van der Waals surface area contributed by atoms with Crippen LogP contribution in [-0.4, -0.2) is 11.5 Å². The van der Waals surface area contributed by atoms with Gasteiger partial charge in [0, 0.05) is 0 Å². The fourth-order valence-electron chi connectivity index (χ4n) is 3.94. The first-order valence-electron chi connectivity index (χ1n) is 9.60. The van der Waals surface area contributed by atoms with Gasteiger partial charge in [-0.05, 0) is 0 Å². The summed E-state index contributed by atoms with van der Waals surface area (Å²) in [6.45, 7) is 0. The van der Waals surface area contributed by atoms with Crippen molar-refractivity contribution in [3.63, 3.8) is 0 Å². The van der Waals surface area contributed by atoms with Gasteiger partial charge in [0.05, 0.1) is 0 Å². The van der Waals surface area contributed by atoms with Crippen LogP contribution < -0.4 is 15.9 Å². The topological polar surface area (TPSA) is 0 Å². The van der Waals surface area contributed by atoms with Crippen LogP contribution in [0.5, 0.6) is 0 Å². The number of hydrogen-bond acceptors (Lipinski definition) is 0. The molecule has 0 aliphatic rings. The summed E-state index contributed by atoms with van der Waals surface area (Å²) >= 11 is 3.56. The van der Waals surface area contributed by atoms with E-state index in [1.54, 1.807) is 0 Å². The number of hydrogen-bond donors (Lipinski definition) is 0. The van der Waals surface area contributed by atoms with Crippen LogP contribution in [0.15, 0.2) is 91.0 Å². The molecule has 26 heavy (non-hydrogen) atoms. The van der Waals surface area contributed by atoms with Crippen molar-refractivity contribution in [1.82, 2.24) is 0 Å². The van der Waals surface area contributed by atoms with Crippen LogP contribution in [0.25, 0.3) is 0 Å². The summed E-state index contributed by atoms with van der Waals surface area (Å²) in [5.74, 6) is 0. The third kappa shape index (κ3) is 4.45. The predicted molar refractivity (Wildman–Crippen MR) is 124 cm³/mol. The maximum atomic E-state index is 3.56. The van der Waals surface area contributed by atoms with Gasteiger partial charge in [0.25, 0.3) is 0 Å². The van der Waals surface area contributed by atoms with Crippen LogP contribution in [-0.2, 0) is 0 Å². The molecule has 0 radical (unpaired) electrons. The Morgan fingerprint density at radius 2 is 0.885 bits per heavy atom. The van der Waals surface area contributed by atoms with Crippen LogP contribution in [0, 0.1) is 0 Å². The Hall–Kier alpha value is -1.43. The van der Waals surface area contributed by atoms with E-state index in [0.717, 1.165) is 5.33 Å². The van der Waals surface area contributed by atoms with E-state index in [2.05, 4.69) is 107 Å². The zero-order valence-corrected chi connectivity index (χ0v) is 17.9. The summed E-state index contributed by atoms with van der Waals surface area (Å²) in [6, 6.07) is 33.7. The fourth-order valence-corrected chi connectivity index (χ4v) is 9.27. The molecule has 0 fully saturated rings. The fraction of sp³-hybridized carbons (Fsp3) is 0.250. The Labute approximate surface area is 167 Å². The molecule has 3 aromatic carbocycles. The Balaban J connectivity index is 2.06. The molecule has 0 saturated heterocycles. The molecule has 0 amide bonds. The van der Waals surface area contributed by atoms with E-state index in [9.17, 15) is 0 Å². The molecule has 3 aromatic rings. The average Bonchev–Trinajstić information content (AvgIpc) is 2.73. The van der Waals surface area contributed by atoms with Gasteiger partial charge in [0.2, 0.25) is 0 Å². The molecule has 2 heteroatoms. The van der Waals surface area contributed by atoms with Gasteiger partial charge in [0.1, 0.15) is 0 Å². The van der Waals surface area contributed by atoms with E-state index >= 15 is 0 Å². The molecule has 0 saturated carbocycles. The van der Waals surface area contributed by atoms with Crippen molar-refractivity contribution >= 4 is 39.1 Å². The van der Waals surface area contributed by atoms with Gasteiger partial charge in [-0.1, -0.05) is 0 Å². The van der Waals surface area contributed by atoms with E-state index in [4.69, 9.17) is 0 Å². The third-order valence-corrected chi connectivity index (χ3v) is 10.9. The molecule has 0 spiro atoms. The molecule has 0 N–H and O–H groups in total. The zero-order chi connectivity index (χ0) is 18.1. The Morgan fingerprint density at radius 1 is 0.500 bits per heavy atom. The van der Waals surface area contributed by atoms with E-state index in [1.807, 2.05) is 0 Å². The second kappa shape index (κ2) is 10.0. The second-order valence-electron chi connectivity index (χ2n) is 6.86. The monoisotopic (exact) mass is 426 g/mol. The molecular weight excluding hydrogens is 399 g/mol. The van der Waals surface area contributed by atoms with Crippen molar-refractivity contribution in [2.75, 3.05) is 11.5 Å². The number of unbranched alkanes of at least 4 members (excludes halogenated alkanes) is 3. The molecule has 0 nitrogen and oxygen atoms in total. The first-order valence-corrected chi connectivity index (χ1v) is 12.9. The van der Waals surface area contributed by atoms with Gasteiger partial charge in [-0.3, -0.25) is 0 Å². The molecule has 0 aliphatic carbocycles. The number of alkyl halides is 1.